The topological polar surface area (TPSA) is 46.5 Å². The van der Waals surface area contributed by atoms with Gasteiger partial charge in [0.25, 0.3) is 0 Å². The van der Waals surface area contributed by atoms with Gasteiger partial charge in [-0.2, -0.15) is 0 Å². The van der Waals surface area contributed by atoms with Crippen molar-refractivity contribution in [3.63, 3.8) is 0 Å². The van der Waals surface area contributed by atoms with Gasteiger partial charge in [-0.15, -0.1) is 0 Å². The van der Waals surface area contributed by atoms with Crippen LogP contribution >= 0.6 is 0 Å². The molecule has 0 aromatic carbocycles. The number of hydrogen-bond donors (Lipinski definition) is 1. The van der Waals surface area contributed by atoms with Gasteiger partial charge in [0.1, 0.15) is 0 Å². The van der Waals surface area contributed by atoms with Crippen molar-refractivity contribution in [2.24, 2.45) is 0 Å². The quantitative estimate of drug-likeness (QED) is 0.563. The molecule has 0 aromatic rings. The Hall–Kier alpha value is -0.396. The third-order valence-corrected chi connectivity index (χ3v) is 9.09. The maximum Gasteiger partial charge on any atom is 0.331 e. The summed E-state index contributed by atoms with van der Waals surface area (Å²) in [6.45, 7) is 14.8. The van der Waals surface area contributed by atoms with Crippen LogP contribution in [-0.4, -0.2) is 27.7 Å². The molecule has 0 amide bonds. The van der Waals surface area contributed by atoms with E-state index in [2.05, 4.69) is 32.7 Å². The molecule has 3 nitrogen and oxygen atoms in total. The lowest BCUT2D eigenvalue weighted by molar-refractivity contribution is -0.132. The Balaban J connectivity index is 4.28. The van der Waals surface area contributed by atoms with Crippen molar-refractivity contribution in [1.29, 1.82) is 0 Å². The van der Waals surface area contributed by atoms with E-state index in [1.165, 1.54) is 0 Å². The first kappa shape index (κ1) is 17.6. The van der Waals surface area contributed by atoms with Crippen molar-refractivity contribution in [2.45, 2.75) is 65.5 Å². The molecule has 0 spiro atoms. The molecule has 0 rings (SSSR count). The molecule has 18 heavy (non-hydrogen) atoms. The molecule has 106 valence electrons. The predicted molar refractivity (Wildman–Crippen MR) is 82.0 cm³/mol. The molecular weight excluding hydrogens is 260 g/mol. The molecule has 0 aromatic heterocycles. The highest BCUT2D eigenvalue weighted by molar-refractivity contribution is 6.84. The van der Waals surface area contributed by atoms with E-state index in [0.717, 1.165) is 24.5 Å². The SMILES string of the molecule is CC(CCC[Si](C)(C)O[Si](C)(C)C)=C(C)C(=O)O. The van der Waals surface area contributed by atoms with Crippen LogP contribution in [0.25, 0.3) is 0 Å². The molecule has 0 saturated carbocycles. The molecule has 0 unspecified atom stereocenters. The summed E-state index contributed by atoms with van der Waals surface area (Å²) in [6.07, 6.45) is 1.89. The van der Waals surface area contributed by atoms with E-state index in [0.29, 0.717) is 5.57 Å². The Morgan fingerprint density at radius 2 is 1.61 bits per heavy atom. The van der Waals surface area contributed by atoms with Crippen molar-refractivity contribution < 1.29 is 14.0 Å². The van der Waals surface area contributed by atoms with E-state index in [-0.39, 0.29) is 0 Å². The zero-order valence-electron chi connectivity index (χ0n) is 12.9. The van der Waals surface area contributed by atoms with E-state index in [4.69, 9.17) is 9.22 Å². The zero-order valence-corrected chi connectivity index (χ0v) is 14.9. The van der Waals surface area contributed by atoms with Crippen molar-refractivity contribution in [2.75, 3.05) is 0 Å². The van der Waals surface area contributed by atoms with Crippen LogP contribution in [0.2, 0.25) is 38.8 Å². The molecule has 0 aliphatic heterocycles. The van der Waals surface area contributed by atoms with Gasteiger partial charge in [0, 0.05) is 5.57 Å². The molecule has 5 heteroatoms. The van der Waals surface area contributed by atoms with E-state index in [9.17, 15) is 4.79 Å². The lowest BCUT2D eigenvalue weighted by atomic mass is 10.1. The Morgan fingerprint density at radius 1 is 1.11 bits per heavy atom. The second-order valence-electron chi connectivity index (χ2n) is 6.54. The van der Waals surface area contributed by atoms with Crippen LogP contribution in [0.3, 0.4) is 0 Å². The number of carboxylic acid groups (broad SMARTS) is 1. The minimum atomic E-state index is -1.58. The molecule has 0 aliphatic carbocycles. The number of carbonyl (C=O) groups is 1. The fraction of sp³-hybridized carbons (Fsp3) is 0.769. The summed E-state index contributed by atoms with van der Waals surface area (Å²) < 4.78 is 6.26. The maximum atomic E-state index is 10.8. The molecule has 0 aliphatic rings. The summed E-state index contributed by atoms with van der Waals surface area (Å²) in [4.78, 5) is 10.8. The first-order chi connectivity index (χ1) is 7.94. The second-order valence-corrected chi connectivity index (χ2v) is 15.6. The Morgan fingerprint density at radius 3 is 2.00 bits per heavy atom. The molecular formula is C13H28O3Si2. The largest absolute Gasteiger partial charge is 0.478 e. The smallest absolute Gasteiger partial charge is 0.331 e. The highest BCUT2D eigenvalue weighted by Gasteiger charge is 2.28. The van der Waals surface area contributed by atoms with Gasteiger partial charge in [0.2, 0.25) is 0 Å². The molecule has 0 saturated heterocycles. The number of carboxylic acids is 1. The molecule has 0 atom stereocenters. The fourth-order valence-corrected chi connectivity index (χ4v) is 10.1. The van der Waals surface area contributed by atoms with E-state index < -0.39 is 22.6 Å². The maximum absolute atomic E-state index is 10.8. The molecule has 0 heterocycles. The summed E-state index contributed by atoms with van der Waals surface area (Å²) in [5.74, 6) is -0.803. The molecule has 1 N–H and O–H groups in total. The summed E-state index contributed by atoms with van der Waals surface area (Å²) >= 11 is 0. The van der Waals surface area contributed by atoms with Gasteiger partial charge >= 0.3 is 5.97 Å². The number of hydrogen-bond acceptors (Lipinski definition) is 2. The van der Waals surface area contributed by atoms with Gasteiger partial charge in [-0.1, -0.05) is 5.57 Å². The highest BCUT2D eigenvalue weighted by atomic mass is 28.4. The zero-order chi connectivity index (χ0) is 14.6. The van der Waals surface area contributed by atoms with Crippen molar-refractivity contribution in [3.05, 3.63) is 11.1 Å². The molecule has 0 bridgehead atoms. The first-order valence-electron chi connectivity index (χ1n) is 6.54. The first-order valence-corrected chi connectivity index (χ1v) is 13.1. The Bertz CT molecular complexity index is 328. The predicted octanol–water partition coefficient (Wildman–Crippen LogP) is 4.24. The minimum absolute atomic E-state index is 0.487. The van der Waals surface area contributed by atoms with Gasteiger partial charge in [0.15, 0.2) is 16.6 Å². The second kappa shape index (κ2) is 6.68. The Labute approximate surface area is 114 Å². The average Bonchev–Trinajstić information content (AvgIpc) is 2.11. The summed E-state index contributed by atoms with van der Waals surface area (Å²) in [5, 5.41) is 8.90. The summed E-state index contributed by atoms with van der Waals surface area (Å²) in [7, 11) is -3.03. The number of allylic oxidation sites excluding steroid dienone is 1. The average molecular weight is 289 g/mol. The third kappa shape index (κ3) is 7.84. The van der Waals surface area contributed by atoms with E-state index in [1.54, 1.807) is 6.92 Å². The van der Waals surface area contributed by atoms with Gasteiger partial charge in [-0.25, -0.2) is 4.79 Å². The number of rotatable bonds is 7. The molecule has 0 radical (unpaired) electrons. The lowest BCUT2D eigenvalue weighted by Gasteiger charge is -2.31. The fourth-order valence-electron chi connectivity index (χ4n) is 2.03. The van der Waals surface area contributed by atoms with Crippen LogP contribution in [0.1, 0.15) is 26.7 Å². The van der Waals surface area contributed by atoms with Gasteiger partial charge in [-0.3, -0.25) is 0 Å². The van der Waals surface area contributed by atoms with Gasteiger partial charge in [0.05, 0.1) is 0 Å². The van der Waals surface area contributed by atoms with Gasteiger partial charge < -0.3 is 9.22 Å². The van der Waals surface area contributed by atoms with Crippen molar-refractivity contribution in [1.82, 2.24) is 0 Å². The highest BCUT2D eigenvalue weighted by Crippen LogP contribution is 2.22. The third-order valence-electron chi connectivity index (χ3n) is 2.87. The van der Waals surface area contributed by atoms with E-state index in [1.807, 2.05) is 6.92 Å². The normalized spacial score (nSPS) is 14.4. The van der Waals surface area contributed by atoms with Crippen molar-refractivity contribution in [3.8, 4) is 0 Å². The monoisotopic (exact) mass is 288 g/mol. The minimum Gasteiger partial charge on any atom is -0.478 e. The van der Waals surface area contributed by atoms with Crippen LogP contribution in [0.5, 0.6) is 0 Å². The summed E-state index contributed by atoms with van der Waals surface area (Å²) in [6, 6.07) is 1.10. The Kier molecular flexibility index (Phi) is 6.53. The lowest BCUT2D eigenvalue weighted by Crippen LogP contribution is -2.42. The standard InChI is InChI=1S/C13H28O3Si2/c1-11(12(2)13(14)15)9-8-10-18(6,7)16-17(3,4)5/h8-10H2,1-7H3,(H,14,15). The summed E-state index contributed by atoms with van der Waals surface area (Å²) in [5.41, 5.74) is 1.47. The van der Waals surface area contributed by atoms with Gasteiger partial charge in [-0.05, 0) is 65.5 Å². The number of aliphatic carboxylic acids is 1. The van der Waals surface area contributed by atoms with Crippen LogP contribution in [0.15, 0.2) is 11.1 Å². The van der Waals surface area contributed by atoms with Crippen molar-refractivity contribution >= 4 is 22.6 Å². The van der Waals surface area contributed by atoms with Crippen LogP contribution in [0, 0.1) is 0 Å². The van der Waals surface area contributed by atoms with E-state index >= 15 is 0 Å². The van der Waals surface area contributed by atoms with Crippen LogP contribution in [0.4, 0.5) is 0 Å². The van der Waals surface area contributed by atoms with Crippen LogP contribution < -0.4 is 0 Å². The molecule has 0 fully saturated rings. The van der Waals surface area contributed by atoms with Crippen LogP contribution in [-0.2, 0) is 8.91 Å².